The molecule has 4 rings (SSSR count). The molecule has 53 heavy (non-hydrogen) atoms. The molecule has 0 spiro atoms. The van der Waals surface area contributed by atoms with Crippen LogP contribution in [-0.4, -0.2) is 71.7 Å². The van der Waals surface area contributed by atoms with Crippen LogP contribution in [0.4, 0.5) is 0 Å². The smallest absolute Gasteiger partial charge is 0.427 e. The molecular weight excluding hydrogens is 815 g/mol. The summed E-state index contributed by atoms with van der Waals surface area (Å²) in [4.78, 5) is 50.7. The predicted octanol–water partition coefficient (Wildman–Crippen LogP) is 6.55. The standard InChI is InChI=1S/C21H33BNO2P.C19H29BNO4P.HI/c1-15(14-26)21(25)23-19(12-16-7-5-4-6-8-16)20(24)13-18(22(2)3)11-17-9-10-17;1-13(12-26)19(23)21-17(10-14-5-3-2-4-6-14)18(22)11-16(20(24)25)9-15-7-8-15;/h4-8,15,17-19H,9-14,26H2,1-3H3,(H,23,25);2-6,13,15-17,24-25H,7-12,26H2,1H3,(H,21,23);1H/t15?,18-,19?;13?,16-,17?;/m11./s1. The van der Waals surface area contributed by atoms with Gasteiger partial charge in [-0.2, -0.15) is 0 Å². The number of hydrogen-bond donors (Lipinski definition) is 4. The van der Waals surface area contributed by atoms with Gasteiger partial charge in [-0.1, -0.05) is 126 Å². The molecule has 13 heteroatoms. The van der Waals surface area contributed by atoms with Crippen molar-refractivity contribution in [1.29, 1.82) is 0 Å². The lowest BCUT2D eigenvalue weighted by atomic mass is 9.43. The maximum Gasteiger partial charge on any atom is 0.455 e. The fraction of sp³-hybridized carbons (Fsp3) is 0.600. The molecule has 0 saturated heterocycles. The molecule has 8 atom stereocenters. The van der Waals surface area contributed by atoms with Crippen LogP contribution in [0.15, 0.2) is 60.7 Å². The molecule has 2 fully saturated rings. The molecule has 2 aromatic rings. The first-order valence-electron chi connectivity index (χ1n) is 19.3. The Balaban J connectivity index is 0.000000360. The highest BCUT2D eigenvalue weighted by Crippen LogP contribution is 2.40. The number of carbonyl (C=O) groups is 4. The van der Waals surface area contributed by atoms with Crippen LogP contribution < -0.4 is 10.6 Å². The molecule has 292 valence electrons. The van der Waals surface area contributed by atoms with Gasteiger partial charge in [0.25, 0.3) is 0 Å². The highest BCUT2D eigenvalue weighted by molar-refractivity contribution is 14.0. The summed E-state index contributed by atoms with van der Waals surface area (Å²) in [6, 6.07) is 18.5. The van der Waals surface area contributed by atoms with E-state index in [9.17, 15) is 29.2 Å². The molecule has 2 amide bonds. The number of rotatable bonds is 22. The Morgan fingerprint density at radius 3 is 1.36 bits per heavy atom. The van der Waals surface area contributed by atoms with Crippen LogP contribution in [0.1, 0.15) is 76.3 Å². The van der Waals surface area contributed by atoms with Crippen LogP contribution in [-0.2, 0) is 32.0 Å². The molecular formula is C40H63B2IN2O6P2. The molecule has 6 unspecified atom stereocenters. The highest BCUT2D eigenvalue weighted by atomic mass is 127. The van der Waals surface area contributed by atoms with Gasteiger partial charge in [-0.3, -0.25) is 19.2 Å². The van der Waals surface area contributed by atoms with Crippen molar-refractivity contribution in [3.05, 3.63) is 71.8 Å². The summed E-state index contributed by atoms with van der Waals surface area (Å²) in [5, 5.41) is 25.2. The van der Waals surface area contributed by atoms with Crippen molar-refractivity contribution in [2.45, 2.75) is 115 Å². The van der Waals surface area contributed by atoms with Gasteiger partial charge >= 0.3 is 7.12 Å². The Morgan fingerprint density at radius 2 is 1.04 bits per heavy atom. The van der Waals surface area contributed by atoms with E-state index in [4.69, 9.17) is 0 Å². The second-order valence-corrected chi connectivity index (χ2v) is 16.6. The summed E-state index contributed by atoms with van der Waals surface area (Å²) in [5.41, 5.74) is 2.06. The zero-order valence-corrected chi connectivity index (χ0v) is 36.8. The Hall–Kier alpha value is -1.64. The van der Waals surface area contributed by atoms with Gasteiger partial charge in [-0.25, -0.2) is 0 Å². The van der Waals surface area contributed by atoms with Gasteiger partial charge in [-0.15, -0.1) is 42.5 Å². The van der Waals surface area contributed by atoms with E-state index in [-0.39, 0.29) is 65.6 Å². The number of hydrogen-bond acceptors (Lipinski definition) is 6. The van der Waals surface area contributed by atoms with Gasteiger partial charge in [0.15, 0.2) is 11.6 Å². The van der Waals surface area contributed by atoms with E-state index in [0.29, 0.717) is 56.5 Å². The Labute approximate surface area is 341 Å². The second-order valence-electron chi connectivity index (χ2n) is 15.7. The van der Waals surface area contributed by atoms with Gasteiger partial charge in [-0.05, 0) is 54.5 Å². The summed E-state index contributed by atoms with van der Waals surface area (Å²) >= 11 is 0. The molecule has 0 radical (unpaired) electrons. The monoisotopic (exact) mass is 878 g/mol. The van der Waals surface area contributed by atoms with Crippen molar-refractivity contribution in [1.82, 2.24) is 10.6 Å². The number of carbonyl (C=O) groups excluding carboxylic acids is 4. The SMILES string of the molecule is CB(C)[C@@H](CC(=O)C(Cc1ccccc1)NC(=O)C(C)CP)CC1CC1.CC(CP)C(=O)NC(Cc1ccccc1)C(=O)C[C@@H](CC1CC1)B(O)O.I. The first-order valence-corrected chi connectivity index (χ1v) is 20.9. The van der Waals surface area contributed by atoms with Crippen molar-refractivity contribution in [3.63, 3.8) is 0 Å². The van der Waals surface area contributed by atoms with E-state index in [2.05, 4.69) is 42.8 Å². The third kappa shape index (κ3) is 18.2. The van der Waals surface area contributed by atoms with Crippen molar-refractivity contribution in [2.75, 3.05) is 12.3 Å². The van der Waals surface area contributed by atoms with Crippen LogP contribution in [0.2, 0.25) is 25.3 Å². The Bertz CT molecular complexity index is 1300. The van der Waals surface area contributed by atoms with E-state index >= 15 is 0 Å². The van der Waals surface area contributed by atoms with E-state index in [0.717, 1.165) is 36.3 Å². The summed E-state index contributed by atoms with van der Waals surface area (Å²) in [6.45, 7) is 8.64. The first kappa shape index (κ1) is 47.5. The zero-order valence-electron chi connectivity index (χ0n) is 32.1. The minimum absolute atomic E-state index is 0. The molecule has 2 aliphatic carbocycles. The fourth-order valence-electron chi connectivity index (χ4n) is 6.30. The van der Waals surface area contributed by atoms with Gasteiger partial charge in [0.2, 0.25) is 11.8 Å². The van der Waals surface area contributed by atoms with Crippen molar-refractivity contribution in [2.24, 2.45) is 23.7 Å². The lowest BCUT2D eigenvalue weighted by molar-refractivity contribution is -0.129. The van der Waals surface area contributed by atoms with Gasteiger partial charge < -0.3 is 20.7 Å². The highest BCUT2D eigenvalue weighted by Gasteiger charge is 2.35. The molecule has 2 aliphatic rings. The normalized spacial score (nSPS) is 16.9. The summed E-state index contributed by atoms with van der Waals surface area (Å²) in [6.07, 6.45) is 9.56. The molecule has 8 nitrogen and oxygen atoms in total. The average Bonchev–Trinajstić information content (AvgIpc) is 4.08. The second kappa shape index (κ2) is 24.8. The average molecular weight is 878 g/mol. The molecule has 0 bridgehead atoms. The Morgan fingerprint density at radius 1 is 0.679 bits per heavy atom. The van der Waals surface area contributed by atoms with Crippen LogP contribution in [0.25, 0.3) is 0 Å². The van der Waals surface area contributed by atoms with Crippen molar-refractivity contribution < 1.29 is 29.2 Å². The molecule has 2 saturated carbocycles. The van der Waals surface area contributed by atoms with Crippen LogP contribution in [0, 0.1) is 23.7 Å². The number of nitrogens with one attached hydrogen (secondary N) is 2. The third-order valence-corrected chi connectivity index (χ3v) is 11.9. The number of benzene rings is 2. The minimum atomic E-state index is -1.50. The van der Waals surface area contributed by atoms with Crippen molar-refractivity contribution in [3.8, 4) is 0 Å². The number of halogens is 1. The predicted molar refractivity (Wildman–Crippen MR) is 236 cm³/mol. The third-order valence-electron chi connectivity index (χ3n) is 10.5. The zero-order chi connectivity index (χ0) is 38.2. The topological polar surface area (TPSA) is 133 Å². The first-order chi connectivity index (χ1) is 24.8. The largest absolute Gasteiger partial charge is 0.455 e. The molecule has 0 aromatic heterocycles. The lowest BCUT2D eigenvalue weighted by Gasteiger charge is -2.24. The number of Topliss-reactive ketones (excluding diaryl/α,β-unsaturated/α-hetero) is 2. The van der Waals surface area contributed by atoms with E-state index in [1.165, 1.54) is 12.8 Å². The van der Waals surface area contributed by atoms with Crippen LogP contribution in [0.5, 0.6) is 0 Å². The summed E-state index contributed by atoms with van der Waals surface area (Å²) < 4.78 is 0. The minimum Gasteiger partial charge on any atom is -0.427 e. The number of amides is 2. The van der Waals surface area contributed by atoms with Gasteiger partial charge in [0.05, 0.1) is 12.1 Å². The fourth-order valence-corrected chi connectivity index (χ4v) is 6.73. The quantitative estimate of drug-likeness (QED) is 0.0603. The van der Waals surface area contributed by atoms with E-state index < -0.39 is 25.0 Å². The Kier molecular flexibility index (Phi) is 22.2. The van der Waals surface area contributed by atoms with E-state index in [1.54, 1.807) is 0 Å². The summed E-state index contributed by atoms with van der Waals surface area (Å²) in [5.74, 6) is 0.817. The van der Waals surface area contributed by atoms with Crippen LogP contribution >= 0.6 is 42.5 Å². The van der Waals surface area contributed by atoms with Crippen molar-refractivity contribution >= 4 is 79.7 Å². The maximum atomic E-state index is 13.1. The molecule has 2 aromatic carbocycles. The molecule has 4 N–H and O–H groups in total. The molecule has 0 aliphatic heterocycles. The van der Waals surface area contributed by atoms with E-state index in [1.807, 2.05) is 74.5 Å². The maximum absolute atomic E-state index is 13.1. The lowest BCUT2D eigenvalue weighted by Crippen LogP contribution is -2.45. The van der Waals surface area contributed by atoms with Gasteiger partial charge in [0.1, 0.15) is 6.71 Å². The van der Waals surface area contributed by atoms with Gasteiger partial charge in [0, 0.05) is 30.5 Å². The summed E-state index contributed by atoms with van der Waals surface area (Å²) in [7, 11) is 3.64. The number of ketones is 2. The molecule has 0 heterocycles. The van der Waals surface area contributed by atoms with Crippen LogP contribution in [0.3, 0.4) is 0 Å².